The Morgan fingerprint density at radius 1 is 1.17 bits per heavy atom. The van der Waals surface area contributed by atoms with Gasteiger partial charge in [0.1, 0.15) is 0 Å². The van der Waals surface area contributed by atoms with Crippen molar-refractivity contribution >= 4 is 0 Å². The standard InChI is InChI=1S/C12H20/c1-5-8-10-11(4)12(7-3)9-6-2/h5-7,11-12H,1-3,8-10H2,4H3. The Morgan fingerprint density at radius 2 is 1.83 bits per heavy atom. The van der Waals surface area contributed by atoms with Crippen molar-refractivity contribution in [1.29, 1.82) is 0 Å². The first-order chi connectivity index (χ1) is 5.76. The molecule has 0 amide bonds. The lowest BCUT2D eigenvalue weighted by atomic mass is 9.88. The monoisotopic (exact) mass is 164 g/mol. The molecule has 0 nitrogen and oxygen atoms in total. The van der Waals surface area contributed by atoms with Crippen molar-refractivity contribution < 1.29 is 0 Å². The number of allylic oxidation sites excluding steroid dienone is 3. The molecule has 0 rings (SSSR count). The normalized spacial score (nSPS) is 14.8. The summed E-state index contributed by atoms with van der Waals surface area (Å²) in [7, 11) is 0. The average Bonchev–Trinajstić information content (AvgIpc) is 2.10. The topological polar surface area (TPSA) is 0 Å². The lowest BCUT2D eigenvalue weighted by molar-refractivity contribution is 0.408. The molecule has 0 fully saturated rings. The molecular weight excluding hydrogens is 144 g/mol. The van der Waals surface area contributed by atoms with Crippen LogP contribution in [0.3, 0.4) is 0 Å². The number of hydrogen-bond donors (Lipinski definition) is 0. The first-order valence-corrected chi connectivity index (χ1v) is 4.60. The Kier molecular flexibility index (Phi) is 6.45. The Labute approximate surface area is 76.7 Å². The second-order valence-electron chi connectivity index (χ2n) is 3.27. The summed E-state index contributed by atoms with van der Waals surface area (Å²) in [5, 5.41) is 0. The molecule has 0 radical (unpaired) electrons. The van der Waals surface area contributed by atoms with E-state index in [-0.39, 0.29) is 0 Å². The van der Waals surface area contributed by atoms with Crippen LogP contribution in [0.1, 0.15) is 26.2 Å². The first kappa shape index (κ1) is 11.2. The number of hydrogen-bond acceptors (Lipinski definition) is 0. The smallest absolute Gasteiger partial charge is 0.0176 e. The van der Waals surface area contributed by atoms with Crippen LogP contribution < -0.4 is 0 Å². The van der Waals surface area contributed by atoms with Gasteiger partial charge in [0.2, 0.25) is 0 Å². The highest BCUT2D eigenvalue weighted by atomic mass is 14.2. The molecule has 0 aliphatic heterocycles. The van der Waals surface area contributed by atoms with E-state index in [1.165, 1.54) is 6.42 Å². The van der Waals surface area contributed by atoms with Gasteiger partial charge >= 0.3 is 0 Å². The largest absolute Gasteiger partial charge is 0.103 e. The molecule has 68 valence electrons. The Balaban J connectivity index is 3.82. The molecule has 0 spiro atoms. The van der Waals surface area contributed by atoms with Gasteiger partial charge in [-0.05, 0) is 31.1 Å². The fourth-order valence-electron chi connectivity index (χ4n) is 1.35. The van der Waals surface area contributed by atoms with Crippen molar-refractivity contribution in [3.8, 4) is 0 Å². The van der Waals surface area contributed by atoms with Gasteiger partial charge < -0.3 is 0 Å². The summed E-state index contributed by atoms with van der Waals surface area (Å²) in [5.41, 5.74) is 0. The Bertz CT molecular complexity index is 144. The quantitative estimate of drug-likeness (QED) is 0.499. The van der Waals surface area contributed by atoms with Crippen LogP contribution in [0.15, 0.2) is 38.0 Å². The molecule has 0 N–H and O–H groups in total. The van der Waals surface area contributed by atoms with E-state index in [0.717, 1.165) is 12.8 Å². The minimum absolute atomic E-state index is 0.586. The van der Waals surface area contributed by atoms with E-state index in [4.69, 9.17) is 0 Å². The summed E-state index contributed by atoms with van der Waals surface area (Å²) in [6, 6.07) is 0. The molecule has 0 heteroatoms. The van der Waals surface area contributed by atoms with Gasteiger partial charge in [-0.2, -0.15) is 0 Å². The van der Waals surface area contributed by atoms with E-state index in [1.807, 2.05) is 18.2 Å². The fraction of sp³-hybridized carbons (Fsp3) is 0.500. The molecule has 0 saturated heterocycles. The zero-order valence-corrected chi connectivity index (χ0v) is 8.13. The molecule has 0 aromatic carbocycles. The molecule has 0 aliphatic carbocycles. The van der Waals surface area contributed by atoms with Crippen molar-refractivity contribution in [3.05, 3.63) is 38.0 Å². The molecule has 0 aromatic rings. The van der Waals surface area contributed by atoms with E-state index in [9.17, 15) is 0 Å². The molecule has 0 heterocycles. The van der Waals surface area contributed by atoms with Gasteiger partial charge in [0, 0.05) is 0 Å². The molecule has 0 saturated carbocycles. The first-order valence-electron chi connectivity index (χ1n) is 4.60. The summed E-state index contributed by atoms with van der Waals surface area (Å²) >= 11 is 0. The SMILES string of the molecule is C=CCCC(C)C(C=C)CC=C. The minimum atomic E-state index is 0.586. The van der Waals surface area contributed by atoms with Crippen molar-refractivity contribution in [2.24, 2.45) is 11.8 Å². The third-order valence-corrected chi connectivity index (χ3v) is 2.30. The Morgan fingerprint density at radius 3 is 2.25 bits per heavy atom. The third-order valence-electron chi connectivity index (χ3n) is 2.30. The van der Waals surface area contributed by atoms with Crippen LogP contribution >= 0.6 is 0 Å². The van der Waals surface area contributed by atoms with Crippen LogP contribution in [-0.4, -0.2) is 0 Å². The van der Waals surface area contributed by atoms with Gasteiger partial charge in [-0.15, -0.1) is 19.7 Å². The van der Waals surface area contributed by atoms with E-state index in [1.54, 1.807) is 0 Å². The van der Waals surface area contributed by atoms with Gasteiger partial charge in [0.05, 0.1) is 0 Å². The van der Waals surface area contributed by atoms with Crippen LogP contribution in [0.5, 0.6) is 0 Å². The lowest BCUT2D eigenvalue weighted by Gasteiger charge is -2.18. The van der Waals surface area contributed by atoms with Gasteiger partial charge in [-0.3, -0.25) is 0 Å². The van der Waals surface area contributed by atoms with Crippen LogP contribution in [-0.2, 0) is 0 Å². The zero-order chi connectivity index (χ0) is 9.40. The van der Waals surface area contributed by atoms with Crippen molar-refractivity contribution in [3.63, 3.8) is 0 Å². The molecule has 0 aliphatic rings. The summed E-state index contributed by atoms with van der Waals surface area (Å²) in [6.45, 7) is 13.6. The summed E-state index contributed by atoms with van der Waals surface area (Å²) in [6.07, 6.45) is 9.33. The second-order valence-corrected chi connectivity index (χ2v) is 3.27. The maximum absolute atomic E-state index is 3.84. The maximum Gasteiger partial charge on any atom is -0.0176 e. The van der Waals surface area contributed by atoms with Gasteiger partial charge in [0.25, 0.3) is 0 Å². The summed E-state index contributed by atoms with van der Waals surface area (Å²) < 4.78 is 0. The molecule has 2 unspecified atom stereocenters. The predicted octanol–water partition coefficient (Wildman–Crippen LogP) is 3.97. The predicted molar refractivity (Wildman–Crippen MR) is 57.1 cm³/mol. The van der Waals surface area contributed by atoms with Crippen LogP contribution in [0.25, 0.3) is 0 Å². The highest BCUT2D eigenvalue weighted by molar-refractivity contribution is 4.88. The zero-order valence-electron chi connectivity index (χ0n) is 8.13. The van der Waals surface area contributed by atoms with Gasteiger partial charge in [-0.1, -0.05) is 25.2 Å². The highest BCUT2D eigenvalue weighted by Gasteiger charge is 2.10. The van der Waals surface area contributed by atoms with Crippen molar-refractivity contribution in [1.82, 2.24) is 0 Å². The van der Waals surface area contributed by atoms with E-state index < -0.39 is 0 Å². The van der Waals surface area contributed by atoms with Crippen molar-refractivity contribution in [2.45, 2.75) is 26.2 Å². The molecule has 0 aromatic heterocycles. The summed E-state index contributed by atoms with van der Waals surface area (Å²) in [5.74, 6) is 1.28. The number of rotatable bonds is 7. The van der Waals surface area contributed by atoms with E-state index >= 15 is 0 Å². The summed E-state index contributed by atoms with van der Waals surface area (Å²) in [4.78, 5) is 0. The van der Waals surface area contributed by atoms with Gasteiger partial charge in [-0.25, -0.2) is 0 Å². The van der Waals surface area contributed by atoms with E-state index in [2.05, 4.69) is 26.7 Å². The maximum atomic E-state index is 3.84. The van der Waals surface area contributed by atoms with Crippen molar-refractivity contribution in [2.75, 3.05) is 0 Å². The molecule has 0 bridgehead atoms. The van der Waals surface area contributed by atoms with Crippen LogP contribution in [0, 0.1) is 11.8 Å². The van der Waals surface area contributed by atoms with Crippen LogP contribution in [0.4, 0.5) is 0 Å². The second kappa shape index (κ2) is 6.90. The van der Waals surface area contributed by atoms with E-state index in [0.29, 0.717) is 11.8 Å². The molecular formula is C12H20. The minimum Gasteiger partial charge on any atom is -0.103 e. The lowest BCUT2D eigenvalue weighted by Crippen LogP contribution is -2.07. The molecule has 12 heavy (non-hydrogen) atoms. The Hall–Kier alpha value is -0.780. The third kappa shape index (κ3) is 4.17. The average molecular weight is 164 g/mol. The fourth-order valence-corrected chi connectivity index (χ4v) is 1.35. The molecule has 2 atom stereocenters. The highest BCUT2D eigenvalue weighted by Crippen LogP contribution is 2.21. The van der Waals surface area contributed by atoms with Gasteiger partial charge in [0.15, 0.2) is 0 Å². The van der Waals surface area contributed by atoms with Crippen LogP contribution in [0.2, 0.25) is 0 Å².